The monoisotopic (exact) mass is 450 g/mol. The molecule has 2 aromatic carbocycles. The fourth-order valence-electron chi connectivity index (χ4n) is 4.42. The number of halogens is 1. The molecule has 2 heterocycles. The van der Waals surface area contributed by atoms with E-state index in [2.05, 4.69) is 19.1 Å². The largest absolute Gasteiger partial charge is 0.461 e. The fraction of sp³-hybridized carbons (Fsp3) is 0.478. The number of aliphatic hydroxyl groups excluding tert-OH is 4. The van der Waals surface area contributed by atoms with Crippen molar-refractivity contribution in [2.75, 3.05) is 13.7 Å². The molecular formula is C23H27ClO7. The van der Waals surface area contributed by atoms with E-state index >= 15 is 0 Å². The first kappa shape index (κ1) is 22.5. The number of aryl methyl sites for hydroxylation is 1. The molecule has 0 radical (unpaired) electrons. The van der Waals surface area contributed by atoms with Gasteiger partial charge in [0.2, 0.25) is 6.29 Å². The fourth-order valence-corrected chi connectivity index (χ4v) is 4.64. The molecule has 0 aromatic heterocycles. The van der Waals surface area contributed by atoms with Gasteiger partial charge >= 0.3 is 0 Å². The Kier molecular flexibility index (Phi) is 6.29. The molecule has 1 unspecified atom stereocenters. The van der Waals surface area contributed by atoms with Crippen LogP contribution in [0.3, 0.4) is 0 Å². The van der Waals surface area contributed by atoms with Crippen LogP contribution in [0.1, 0.15) is 29.2 Å². The van der Waals surface area contributed by atoms with Crippen LogP contribution in [0.2, 0.25) is 5.02 Å². The Morgan fingerprint density at radius 1 is 1.06 bits per heavy atom. The highest BCUT2D eigenvalue weighted by Crippen LogP contribution is 2.52. The Morgan fingerprint density at radius 3 is 2.35 bits per heavy atom. The van der Waals surface area contributed by atoms with Crippen molar-refractivity contribution in [1.29, 1.82) is 0 Å². The Bertz CT molecular complexity index is 932. The van der Waals surface area contributed by atoms with Crippen LogP contribution in [0.15, 0.2) is 36.4 Å². The third-order valence-electron chi connectivity index (χ3n) is 6.21. The number of fused-ring (bicyclic) bond motifs is 2. The SMILES string of the molecule is CCc1ccc(Cc2cc3c(cc2Cl)OC(OC)[C@]32O[C@H](CO)[C@@H](O)[C@H](O)[C@H]2O)cc1. The van der Waals surface area contributed by atoms with Gasteiger partial charge < -0.3 is 34.6 Å². The summed E-state index contributed by atoms with van der Waals surface area (Å²) in [7, 11) is 1.39. The van der Waals surface area contributed by atoms with Crippen LogP contribution in [-0.2, 0) is 27.9 Å². The molecule has 1 saturated heterocycles. The van der Waals surface area contributed by atoms with Gasteiger partial charge in [-0.05, 0) is 41.7 Å². The molecule has 0 bridgehead atoms. The van der Waals surface area contributed by atoms with Gasteiger partial charge in [0.15, 0.2) is 5.60 Å². The Labute approximate surface area is 185 Å². The first-order valence-electron chi connectivity index (χ1n) is 10.3. The second-order valence-corrected chi connectivity index (χ2v) is 8.44. The summed E-state index contributed by atoms with van der Waals surface area (Å²) < 4.78 is 17.3. The van der Waals surface area contributed by atoms with Crippen molar-refractivity contribution in [3.05, 3.63) is 63.7 Å². The van der Waals surface area contributed by atoms with Crippen LogP contribution >= 0.6 is 11.6 Å². The lowest BCUT2D eigenvalue weighted by Gasteiger charge is -2.47. The zero-order chi connectivity index (χ0) is 22.3. The van der Waals surface area contributed by atoms with Crippen molar-refractivity contribution in [1.82, 2.24) is 0 Å². The first-order chi connectivity index (χ1) is 14.8. The van der Waals surface area contributed by atoms with Gasteiger partial charge in [-0.15, -0.1) is 0 Å². The quantitative estimate of drug-likeness (QED) is 0.547. The number of hydrogen-bond donors (Lipinski definition) is 4. The molecular weight excluding hydrogens is 424 g/mol. The predicted octanol–water partition coefficient (Wildman–Crippen LogP) is 1.53. The van der Waals surface area contributed by atoms with E-state index in [-0.39, 0.29) is 0 Å². The van der Waals surface area contributed by atoms with Crippen molar-refractivity contribution in [2.45, 2.75) is 56.1 Å². The van der Waals surface area contributed by atoms with Crippen molar-refractivity contribution < 1.29 is 34.6 Å². The Balaban J connectivity index is 1.77. The van der Waals surface area contributed by atoms with Crippen LogP contribution in [0.25, 0.3) is 0 Å². The van der Waals surface area contributed by atoms with E-state index in [1.54, 1.807) is 12.1 Å². The summed E-state index contributed by atoms with van der Waals surface area (Å²) in [5.41, 5.74) is 1.88. The maximum atomic E-state index is 11.0. The lowest BCUT2D eigenvalue weighted by atomic mass is 9.79. The van der Waals surface area contributed by atoms with Crippen LogP contribution in [0, 0.1) is 0 Å². The molecule has 2 aliphatic heterocycles. The molecule has 6 atom stereocenters. The summed E-state index contributed by atoms with van der Waals surface area (Å²) in [6, 6.07) is 11.6. The molecule has 168 valence electrons. The van der Waals surface area contributed by atoms with Gasteiger partial charge in [-0.2, -0.15) is 0 Å². The standard InChI is InChI=1S/C23H27ClO7/c1-3-12-4-6-13(7-5-12)8-14-9-15-17(10-16(14)24)30-22(29-2)23(15)21(28)20(27)19(26)18(11-25)31-23/h4-7,9-10,18-22,25-28H,3,8,11H2,1-2H3/t18-,19-,20+,21-,22?,23+/m1/s1. The van der Waals surface area contributed by atoms with Crippen LogP contribution < -0.4 is 4.74 Å². The molecule has 8 heteroatoms. The van der Waals surface area contributed by atoms with E-state index in [9.17, 15) is 20.4 Å². The summed E-state index contributed by atoms with van der Waals surface area (Å²) >= 11 is 6.53. The Morgan fingerprint density at radius 2 is 1.74 bits per heavy atom. The lowest BCUT2D eigenvalue weighted by Crippen LogP contribution is -2.66. The number of benzene rings is 2. The van der Waals surface area contributed by atoms with Crippen LogP contribution in [0.5, 0.6) is 5.75 Å². The third-order valence-corrected chi connectivity index (χ3v) is 6.57. The van der Waals surface area contributed by atoms with Gasteiger partial charge in [-0.1, -0.05) is 42.8 Å². The smallest absolute Gasteiger partial charge is 0.236 e. The maximum Gasteiger partial charge on any atom is 0.236 e. The van der Waals surface area contributed by atoms with Gasteiger partial charge in [0.05, 0.1) is 6.61 Å². The number of methoxy groups -OCH3 is 1. The normalized spacial score (nSPS) is 32.2. The predicted molar refractivity (Wildman–Crippen MR) is 113 cm³/mol. The summed E-state index contributed by atoms with van der Waals surface area (Å²) in [5.74, 6) is 0.348. The molecule has 1 fully saturated rings. The van der Waals surface area contributed by atoms with E-state index < -0.39 is 42.9 Å². The number of hydrogen-bond acceptors (Lipinski definition) is 7. The van der Waals surface area contributed by atoms with Crippen LogP contribution in [0.4, 0.5) is 0 Å². The first-order valence-corrected chi connectivity index (χ1v) is 10.7. The molecule has 0 aliphatic carbocycles. The minimum absolute atomic E-state index is 0.348. The van der Waals surface area contributed by atoms with Gasteiger partial charge in [-0.3, -0.25) is 0 Å². The van der Waals surface area contributed by atoms with Gasteiger partial charge in [-0.25, -0.2) is 0 Å². The molecule has 2 aromatic rings. The number of aliphatic hydroxyl groups is 4. The summed E-state index contributed by atoms with van der Waals surface area (Å²) in [5, 5.41) is 41.8. The number of rotatable bonds is 5. The minimum Gasteiger partial charge on any atom is -0.461 e. The molecule has 0 amide bonds. The van der Waals surface area contributed by atoms with Crippen molar-refractivity contribution in [3.63, 3.8) is 0 Å². The second kappa shape index (κ2) is 8.67. The average Bonchev–Trinajstić information content (AvgIpc) is 3.08. The van der Waals surface area contributed by atoms with E-state index in [0.29, 0.717) is 22.8 Å². The van der Waals surface area contributed by atoms with Crippen molar-refractivity contribution in [2.24, 2.45) is 0 Å². The zero-order valence-electron chi connectivity index (χ0n) is 17.4. The average molecular weight is 451 g/mol. The highest BCUT2D eigenvalue weighted by atomic mass is 35.5. The molecule has 4 rings (SSSR count). The summed E-state index contributed by atoms with van der Waals surface area (Å²) in [4.78, 5) is 0. The molecule has 1 spiro atoms. The van der Waals surface area contributed by atoms with Gasteiger partial charge in [0.1, 0.15) is 30.2 Å². The summed E-state index contributed by atoms with van der Waals surface area (Å²) in [6.07, 6.45) is -5.35. The van der Waals surface area contributed by atoms with Crippen LogP contribution in [-0.4, -0.2) is 64.8 Å². The van der Waals surface area contributed by atoms with E-state index in [1.165, 1.54) is 12.7 Å². The van der Waals surface area contributed by atoms with Gasteiger partial charge in [0.25, 0.3) is 0 Å². The number of ether oxygens (including phenoxy) is 3. The Hall–Kier alpha value is -1.71. The highest BCUT2D eigenvalue weighted by Gasteiger charge is 2.63. The highest BCUT2D eigenvalue weighted by molar-refractivity contribution is 6.31. The molecule has 2 aliphatic rings. The van der Waals surface area contributed by atoms with Gasteiger partial charge in [0, 0.05) is 17.7 Å². The van der Waals surface area contributed by atoms with E-state index in [4.69, 9.17) is 25.8 Å². The maximum absolute atomic E-state index is 11.0. The molecule has 0 saturated carbocycles. The lowest BCUT2D eigenvalue weighted by molar-refractivity contribution is -0.324. The van der Waals surface area contributed by atoms with E-state index in [1.807, 2.05) is 12.1 Å². The summed E-state index contributed by atoms with van der Waals surface area (Å²) in [6.45, 7) is 1.54. The minimum atomic E-state index is -1.64. The van der Waals surface area contributed by atoms with E-state index in [0.717, 1.165) is 17.5 Å². The zero-order valence-corrected chi connectivity index (χ0v) is 18.1. The molecule has 4 N–H and O–H groups in total. The molecule has 31 heavy (non-hydrogen) atoms. The van der Waals surface area contributed by atoms with Crippen molar-refractivity contribution in [3.8, 4) is 5.75 Å². The molecule has 7 nitrogen and oxygen atoms in total. The van der Waals surface area contributed by atoms with Crippen molar-refractivity contribution >= 4 is 11.6 Å². The third kappa shape index (κ3) is 3.64. The second-order valence-electron chi connectivity index (χ2n) is 8.03. The topological polar surface area (TPSA) is 109 Å².